The van der Waals surface area contributed by atoms with E-state index < -0.39 is 0 Å². The van der Waals surface area contributed by atoms with Gasteiger partial charge in [0.2, 0.25) is 5.69 Å². The van der Waals surface area contributed by atoms with E-state index in [1.54, 1.807) is 6.07 Å². The van der Waals surface area contributed by atoms with E-state index in [2.05, 4.69) is 54.6 Å². The van der Waals surface area contributed by atoms with Gasteiger partial charge in [0.1, 0.15) is 7.05 Å². The third-order valence-electron chi connectivity index (χ3n) is 6.51. The molecule has 0 bridgehead atoms. The summed E-state index contributed by atoms with van der Waals surface area (Å²) in [5.74, 6) is 0. The van der Waals surface area contributed by atoms with Gasteiger partial charge in [0.15, 0.2) is 6.07 Å². The van der Waals surface area contributed by atoms with Gasteiger partial charge in [-0.25, -0.2) is 0 Å². The van der Waals surface area contributed by atoms with Crippen LogP contribution in [0.25, 0.3) is 44.3 Å². The topological polar surface area (TPSA) is 68.1 Å². The highest BCUT2D eigenvalue weighted by atomic mass is 16.3. The minimum atomic E-state index is -0.193. The Morgan fingerprint density at radius 1 is 0.657 bits per heavy atom. The predicted octanol–water partition coefficient (Wildman–Crippen LogP) is 5.52. The minimum Gasteiger partial charge on any atom is -0.392 e. The molecule has 0 aliphatic carbocycles. The maximum Gasteiger partial charge on any atom is 0.291 e. The third kappa shape index (κ3) is 4.20. The number of hydrogen-bond acceptors (Lipinski definition) is 3. The number of fused-ring (bicyclic) bond motifs is 1. The second-order valence-electron chi connectivity index (χ2n) is 8.60. The number of nitrogens with zero attached hydrogens (tertiary/aromatic N) is 2. The first-order valence-electron chi connectivity index (χ1n) is 11.5. The van der Waals surface area contributed by atoms with Gasteiger partial charge < -0.3 is 10.2 Å². The van der Waals surface area contributed by atoms with Crippen molar-refractivity contribution in [1.29, 1.82) is 5.26 Å². The van der Waals surface area contributed by atoms with Crippen molar-refractivity contribution in [2.45, 2.75) is 13.2 Å². The molecule has 0 spiro atoms. The maximum atomic E-state index is 10.1. The van der Waals surface area contributed by atoms with Crippen LogP contribution in [0.3, 0.4) is 0 Å². The molecule has 5 aromatic rings. The normalized spacial score (nSPS) is 10.9. The lowest BCUT2D eigenvalue weighted by atomic mass is 9.93. The Morgan fingerprint density at radius 2 is 1.17 bits per heavy atom. The summed E-state index contributed by atoms with van der Waals surface area (Å²) < 4.78 is 1.90. The van der Waals surface area contributed by atoms with Gasteiger partial charge >= 0.3 is 0 Å². The first kappa shape index (κ1) is 22.5. The average molecular weight is 458 g/mol. The molecule has 0 unspecified atom stereocenters. The van der Waals surface area contributed by atoms with E-state index in [4.69, 9.17) is 0 Å². The van der Waals surface area contributed by atoms with E-state index in [-0.39, 0.29) is 13.2 Å². The van der Waals surface area contributed by atoms with E-state index in [9.17, 15) is 15.5 Å². The van der Waals surface area contributed by atoms with Crippen LogP contribution in [0.5, 0.6) is 0 Å². The fraction of sp³-hybridized carbons (Fsp3) is 0.0968. The van der Waals surface area contributed by atoms with Gasteiger partial charge in [-0.1, -0.05) is 60.7 Å². The van der Waals surface area contributed by atoms with Gasteiger partial charge in [-0.05, 0) is 69.1 Å². The minimum absolute atomic E-state index is 0.175. The standard InChI is InChI=1S/C31H25N2O2/c1-33-30(17-25-15-27(19-34)28(20-35)16-29(25)31(33)18-32)26-13-23(21-8-4-2-5-9-21)12-24(14-26)22-10-6-3-7-11-22/h2-17,34-35H,19-20H2,1H3/q+1. The summed E-state index contributed by atoms with van der Waals surface area (Å²) in [5, 5.41) is 31.2. The van der Waals surface area contributed by atoms with E-state index in [1.165, 1.54) is 0 Å². The van der Waals surface area contributed by atoms with Crippen molar-refractivity contribution in [2.75, 3.05) is 0 Å². The van der Waals surface area contributed by atoms with Crippen LogP contribution in [0, 0.1) is 11.3 Å². The Hall–Kier alpha value is -4.30. The SMILES string of the molecule is C[n+]1c(-c2cc(-c3ccccc3)cc(-c3ccccc3)c2)cc2cc(CO)c(CO)cc2c1C#N. The molecule has 0 atom stereocenters. The lowest BCUT2D eigenvalue weighted by Gasteiger charge is -2.13. The molecule has 0 aliphatic heterocycles. The molecule has 0 saturated carbocycles. The Balaban J connectivity index is 1.80. The van der Waals surface area contributed by atoms with Gasteiger partial charge in [-0.2, -0.15) is 9.83 Å². The van der Waals surface area contributed by atoms with Crippen molar-refractivity contribution in [3.05, 3.63) is 114 Å². The molecule has 4 nitrogen and oxygen atoms in total. The van der Waals surface area contributed by atoms with Crippen molar-refractivity contribution in [3.8, 4) is 39.6 Å². The summed E-state index contributed by atoms with van der Waals surface area (Å²) in [4.78, 5) is 0. The second-order valence-corrected chi connectivity index (χ2v) is 8.60. The number of aliphatic hydroxyl groups is 2. The maximum absolute atomic E-state index is 10.1. The number of aromatic nitrogens is 1. The van der Waals surface area contributed by atoms with E-state index in [0.29, 0.717) is 16.8 Å². The summed E-state index contributed by atoms with van der Waals surface area (Å²) in [6.45, 7) is -0.368. The van der Waals surface area contributed by atoms with Crippen LogP contribution in [-0.4, -0.2) is 10.2 Å². The molecule has 170 valence electrons. The monoisotopic (exact) mass is 457 g/mol. The molecular weight excluding hydrogens is 432 g/mol. The van der Waals surface area contributed by atoms with Crippen LogP contribution >= 0.6 is 0 Å². The summed E-state index contributed by atoms with van der Waals surface area (Å²) in [6.07, 6.45) is 0. The zero-order valence-corrected chi connectivity index (χ0v) is 19.4. The van der Waals surface area contributed by atoms with Crippen LogP contribution in [-0.2, 0) is 20.3 Å². The highest BCUT2D eigenvalue weighted by Crippen LogP contribution is 2.33. The highest BCUT2D eigenvalue weighted by molar-refractivity contribution is 5.90. The van der Waals surface area contributed by atoms with E-state index >= 15 is 0 Å². The van der Waals surface area contributed by atoms with E-state index in [0.717, 1.165) is 44.3 Å². The molecule has 0 radical (unpaired) electrons. The Bertz CT molecular complexity index is 1510. The molecule has 1 heterocycles. The molecule has 1 aromatic heterocycles. The smallest absolute Gasteiger partial charge is 0.291 e. The van der Waals surface area contributed by atoms with Crippen molar-refractivity contribution in [3.63, 3.8) is 0 Å². The van der Waals surface area contributed by atoms with Gasteiger partial charge in [0.25, 0.3) is 5.69 Å². The zero-order valence-electron chi connectivity index (χ0n) is 19.4. The molecule has 0 aliphatic rings. The van der Waals surface area contributed by atoms with Crippen LogP contribution in [0.2, 0.25) is 0 Å². The van der Waals surface area contributed by atoms with E-state index in [1.807, 2.05) is 54.1 Å². The van der Waals surface area contributed by atoms with Crippen LogP contribution in [0.1, 0.15) is 16.8 Å². The molecule has 35 heavy (non-hydrogen) atoms. The first-order chi connectivity index (χ1) is 17.1. The Kier molecular flexibility index (Phi) is 6.12. The summed E-state index contributed by atoms with van der Waals surface area (Å²) in [7, 11) is 1.89. The molecular formula is C31H25N2O2+. The summed E-state index contributed by atoms with van der Waals surface area (Å²) in [6, 6.07) is 35.1. The molecule has 4 heteroatoms. The first-order valence-corrected chi connectivity index (χ1v) is 11.5. The van der Waals surface area contributed by atoms with Gasteiger partial charge in [-0.15, -0.1) is 0 Å². The van der Waals surface area contributed by atoms with Crippen molar-refractivity contribution >= 4 is 10.8 Å². The van der Waals surface area contributed by atoms with Gasteiger partial charge in [-0.3, -0.25) is 0 Å². The largest absolute Gasteiger partial charge is 0.392 e. The Labute approximate surface area is 204 Å². The van der Waals surface area contributed by atoms with Crippen LogP contribution < -0.4 is 4.57 Å². The number of pyridine rings is 1. The predicted molar refractivity (Wildman–Crippen MR) is 138 cm³/mol. The molecule has 2 N–H and O–H groups in total. The molecule has 5 rings (SSSR count). The molecule has 0 fully saturated rings. The lowest BCUT2D eigenvalue weighted by molar-refractivity contribution is -0.661. The molecule has 0 amide bonds. The van der Waals surface area contributed by atoms with Crippen molar-refractivity contribution in [1.82, 2.24) is 0 Å². The quantitative estimate of drug-likeness (QED) is 0.342. The fourth-order valence-electron chi connectivity index (χ4n) is 4.65. The van der Waals surface area contributed by atoms with Crippen molar-refractivity contribution in [2.24, 2.45) is 7.05 Å². The number of benzene rings is 4. The zero-order chi connectivity index (χ0) is 24.4. The number of aliphatic hydroxyl groups excluding tert-OH is 2. The summed E-state index contributed by atoms with van der Waals surface area (Å²) >= 11 is 0. The number of rotatable bonds is 5. The highest BCUT2D eigenvalue weighted by Gasteiger charge is 2.22. The fourth-order valence-corrected chi connectivity index (χ4v) is 4.65. The average Bonchev–Trinajstić information content (AvgIpc) is 2.92. The molecule has 4 aromatic carbocycles. The Morgan fingerprint density at radius 3 is 1.69 bits per heavy atom. The second kappa shape index (κ2) is 9.52. The van der Waals surface area contributed by atoms with Crippen molar-refractivity contribution < 1.29 is 14.8 Å². The van der Waals surface area contributed by atoms with Gasteiger partial charge in [0.05, 0.1) is 18.6 Å². The molecule has 0 saturated heterocycles. The van der Waals surface area contributed by atoms with Crippen LogP contribution in [0.15, 0.2) is 97.1 Å². The summed E-state index contributed by atoms with van der Waals surface area (Å²) in [5.41, 5.74) is 8.08. The number of nitriles is 1. The lowest BCUT2D eigenvalue weighted by Crippen LogP contribution is -2.35. The van der Waals surface area contributed by atoms with Crippen LogP contribution in [0.4, 0.5) is 0 Å². The third-order valence-corrected chi connectivity index (χ3v) is 6.51. The number of hydrogen-bond donors (Lipinski definition) is 2. The van der Waals surface area contributed by atoms with Gasteiger partial charge in [0, 0.05) is 11.6 Å².